The lowest BCUT2D eigenvalue weighted by Crippen LogP contribution is -2.37. The summed E-state index contributed by atoms with van der Waals surface area (Å²) in [5.41, 5.74) is -0.118. The SMILES string of the molecule is O=C(Nc1cc(C(F)(F)F)ccc1Cl)C1CCN(Cc2nc(-c3ccc(Cl)cc3)no2)CC1. The van der Waals surface area contributed by atoms with Gasteiger partial charge in [0.25, 0.3) is 0 Å². The molecule has 6 nitrogen and oxygen atoms in total. The number of benzene rings is 2. The lowest BCUT2D eigenvalue weighted by Gasteiger charge is -2.30. The summed E-state index contributed by atoms with van der Waals surface area (Å²) >= 11 is 11.9. The topological polar surface area (TPSA) is 71.3 Å². The predicted molar refractivity (Wildman–Crippen MR) is 118 cm³/mol. The number of likely N-dealkylation sites (tertiary alicyclic amines) is 1. The van der Waals surface area contributed by atoms with Gasteiger partial charge in [0.1, 0.15) is 0 Å². The molecule has 0 aliphatic carbocycles. The molecule has 1 fully saturated rings. The second-order valence-electron chi connectivity index (χ2n) is 7.75. The lowest BCUT2D eigenvalue weighted by atomic mass is 9.95. The van der Waals surface area contributed by atoms with E-state index < -0.39 is 11.7 Å². The normalized spacial score (nSPS) is 15.5. The second kappa shape index (κ2) is 9.70. The molecule has 2 heterocycles. The van der Waals surface area contributed by atoms with Gasteiger partial charge in [-0.05, 0) is 68.4 Å². The van der Waals surface area contributed by atoms with E-state index in [1.807, 2.05) is 0 Å². The zero-order valence-electron chi connectivity index (χ0n) is 17.2. The van der Waals surface area contributed by atoms with E-state index >= 15 is 0 Å². The minimum Gasteiger partial charge on any atom is -0.338 e. The third-order valence-electron chi connectivity index (χ3n) is 5.44. The third-order valence-corrected chi connectivity index (χ3v) is 6.02. The second-order valence-corrected chi connectivity index (χ2v) is 8.59. The Morgan fingerprint density at radius 2 is 1.82 bits per heavy atom. The summed E-state index contributed by atoms with van der Waals surface area (Å²) in [5, 5.41) is 7.21. The van der Waals surface area contributed by atoms with Crippen molar-refractivity contribution in [1.82, 2.24) is 15.0 Å². The average molecular weight is 499 g/mol. The molecule has 1 N–H and O–H groups in total. The highest BCUT2D eigenvalue weighted by Gasteiger charge is 2.32. The van der Waals surface area contributed by atoms with Gasteiger partial charge in [-0.3, -0.25) is 9.69 Å². The molecule has 1 aliphatic rings. The van der Waals surface area contributed by atoms with Gasteiger partial charge in [-0.1, -0.05) is 28.4 Å². The molecule has 1 aliphatic heterocycles. The Morgan fingerprint density at radius 3 is 2.48 bits per heavy atom. The lowest BCUT2D eigenvalue weighted by molar-refractivity contribution is -0.137. The summed E-state index contributed by atoms with van der Waals surface area (Å²) in [4.78, 5) is 19.1. The van der Waals surface area contributed by atoms with Crippen molar-refractivity contribution in [3.63, 3.8) is 0 Å². The molecule has 0 saturated carbocycles. The van der Waals surface area contributed by atoms with Gasteiger partial charge in [-0.2, -0.15) is 18.2 Å². The van der Waals surface area contributed by atoms with Crippen LogP contribution in [0.3, 0.4) is 0 Å². The van der Waals surface area contributed by atoms with Crippen LogP contribution in [0.25, 0.3) is 11.4 Å². The zero-order chi connectivity index (χ0) is 23.6. The van der Waals surface area contributed by atoms with Gasteiger partial charge < -0.3 is 9.84 Å². The van der Waals surface area contributed by atoms with Gasteiger partial charge in [-0.25, -0.2) is 0 Å². The fourth-order valence-electron chi connectivity index (χ4n) is 3.61. The van der Waals surface area contributed by atoms with Crippen molar-refractivity contribution in [1.29, 1.82) is 0 Å². The molecule has 0 unspecified atom stereocenters. The average Bonchev–Trinajstić information content (AvgIpc) is 3.24. The third kappa shape index (κ3) is 5.85. The minimum absolute atomic E-state index is 0.0421. The maximum Gasteiger partial charge on any atom is 0.416 e. The quantitative estimate of drug-likeness (QED) is 0.473. The molecular formula is C22H19Cl2F3N4O2. The van der Waals surface area contributed by atoms with Crippen molar-refractivity contribution in [3.8, 4) is 11.4 Å². The van der Waals surface area contributed by atoms with Gasteiger partial charge in [0.2, 0.25) is 17.6 Å². The molecule has 0 bridgehead atoms. The largest absolute Gasteiger partial charge is 0.416 e. The number of piperidine rings is 1. The highest BCUT2D eigenvalue weighted by molar-refractivity contribution is 6.33. The van der Waals surface area contributed by atoms with E-state index in [9.17, 15) is 18.0 Å². The number of aromatic nitrogens is 2. The van der Waals surface area contributed by atoms with Crippen LogP contribution >= 0.6 is 23.2 Å². The van der Waals surface area contributed by atoms with Crippen LogP contribution in [-0.2, 0) is 17.5 Å². The van der Waals surface area contributed by atoms with Gasteiger partial charge >= 0.3 is 6.18 Å². The van der Waals surface area contributed by atoms with E-state index in [0.29, 0.717) is 49.2 Å². The van der Waals surface area contributed by atoms with Gasteiger partial charge in [-0.15, -0.1) is 0 Å². The summed E-state index contributed by atoms with van der Waals surface area (Å²) < 4.78 is 44.2. The van der Waals surface area contributed by atoms with Crippen molar-refractivity contribution >= 4 is 34.8 Å². The Hall–Kier alpha value is -2.62. The number of carbonyl (C=O) groups is 1. The first-order valence-electron chi connectivity index (χ1n) is 10.2. The summed E-state index contributed by atoms with van der Waals surface area (Å²) in [7, 11) is 0. The first kappa shape index (κ1) is 23.5. The highest BCUT2D eigenvalue weighted by atomic mass is 35.5. The number of carbonyl (C=O) groups excluding carboxylic acids is 1. The van der Waals surface area contributed by atoms with Crippen LogP contribution in [0, 0.1) is 5.92 Å². The Morgan fingerprint density at radius 1 is 1.12 bits per heavy atom. The zero-order valence-corrected chi connectivity index (χ0v) is 18.7. The number of alkyl halides is 3. The standard InChI is InChI=1S/C22H19Cl2F3N4O2/c23-16-4-1-13(2-5-16)20-29-19(33-30-20)12-31-9-7-14(8-10-31)21(32)28-18-11-15(22(25,26)27)3-6-17(18)24/h1-6,11,14H,7-10,12H2,(H,28,32). The van der Waals surface area contributed by atoms with Crippen LogP contribution in [-0.4, -0.2) is 34.0 Å². The van der Waals surface area contributed by atoms with E-state index in [4.69, 9.17) is 27.7 Å². The predicted octanol–water partition coefficient (Wildman–Crippen LogP) is 5.91. The maximum absolute atomic E-state index is 12.9. The van der Waals surface area contributed by atoms with Crippen LogP contribution in [0.15, 0.2) is 47.0 Å². The maximum atomic E-state index is 12.9. The van der Waals surface area contributed by atoms with Crippen molar-refractivity contribution in [3.05, 3.63) is 64.0 Å². The fraction of sp³-hybridized carbons (Fsp3) is 0.318. The number of amides is 1. The number of rotatable bonds is 5. The number of hydrogen-bond donors (Lipinski definition) is 1. The number of anilines is 1. The molecule has 1 amide bonds. The summed E-state index contributed by atoms with van der Waals surface area (Å²) in [6.45, 7) is 1.65. The number of hydrogen-bond acceptors (Lipinski definition) is 5. The molecule has 3 aromatic rings. The van der Waals surface area contributed by atoms with Gasteiger partial charge in [0.05, 0.1) is 22.8 Å². The molecule has 1 aromatic heterocycles. The molecule has 4 rings (SSSR count). The first-order chi connectivity index (χ1) is 15.7. The Balaban J connectivity index is 1.31. The number of nitrogens with zero attached hydrogens (tertiary/aromatic N) is 3. The van der Waals surface area contributed by atoms with Crippen LogP contribution < -0.4 is 5.32 Å². The van der Waals surface area contributed by atoms with Crippen LogP contribution in [0.1, 0.15) is 24.3 Å². The monoisotopic (exact) mass is 498 g/mol. The highest BCUT2D eigenvalue weighted by Crippen LogP contribution is 2.34. The van der Waals surface area contributed by atoms with E-state index in [1.54, 1.807) is 24.3 Å². The van der Waals surface area contributed by atoms with Crippen molar-refractivity contribution in [2.45, 2.75) is 25.6 Å². The number of nitrogens with one attached hydrogen (secondary N) is 1. The molecule has 0 radical (unpaired) electrons. The van der Waals surface area contributed by atoms with E-state index in [2.05, 4.69) is 20.4 Å². The van der Waals surface area contributed by atoms with Crippen molar-refractivity contribution in [2.24, 2.45) is 5.92 Å². The molecule has 174 valence electrons. The molecule has 0 atom stereocenters. The first-order valence-corrected chi connectivity index (χ1v) is 10.9. The molecule has 2 aromatic carbocycles. The number of halogens is 5. The Labute approximate surface area is 197 Å². The summed E-state index contributed by atoms with van der Waals surface area (Å²) in [5.74, 6) is 0.241. The fourth-order valence-corrected chi connectivity index (χ4v) is 3.90. The summed E-state index contributed by atoms with van der Waals surface area (Å²) in [6, 6.07) is 9.96. The Bertz CT molecular complexity index is 1130. The van der Waals surface area contributed by atoms with Crippen molar-refractivity contribution in [2.75, 3.05) is 18.4 Å². The molecule has 0 spiro atoms. The van der Waals surface area contributed by atoms with Crippen molar-refractivity contribution < 1.29 is 22.5 Å². The molecule has 1 saturated heterocycles. The van der Waals surface area contributed by atoms with Crippen LogP contribution in [0.5, 0.6) is 0 Å². The van der Waals surface area contributed by atoms with E-state index in [1.165, 1.54) is 0 Å². The van der Waals surface area contributed by atoms with Gasteiger partial charge in [0, 0.05) is 16.5 Å². The van der Waals surface area contributed by atoms with E-state index in [-0.39, 0.29) is 22.5 Å². The Kier molecular flexibility index (Phi) is 6.92. The van der Waals surface area contributed by atoms with Crippen LogP contribution in [0.4, 0.5) is 18.9 Å². The van der Waals surface area contributed by atoms with Crippen LogP contribution in [0.2, 0.25) is 10.0 Å². The van der Waals surface area contributed by atoms with Gasteiger partial charge in [0.15, 0.2) is 0 Å². The minimum atomic E-state index is -4.52. The summed E-state index contributed by atoms with van der Waals surface area (Å²) in [6.07, 6.45) is -3.43. The molecule has 33 heavy (non-hydrogen) atoms. The van der Waals surface area contributed by atoms with E-state index in [0.717, 1.165) is 23.8 Å². The smallest absolute Gasteiger partial charge is 0.338 e. The molecule has 11 heteroatoms. The molecular weight excluding hydrogens is 480 g/mol.